The van der Waals surface area contributed by atoms with E-state index < -0.39 is 5.82 Å². The molecule has 2 heterocycles. The molecule has 0 unspecified atom stereocenters. The van der Waals surface area contributed by atoms with E-state index in [9.17, 15) is 14.0 Å². The molecule has 3 aromatic rings. The normalized spacial score (nSPS) is 14.4. The van der Waals surface area contributed by atoms with Crippen LogP contribution in [0.15, 0.2) is 54.6 Å². The van der Waals surface area contributed by atoms with Crippen molar-refractivity contribution in [3.63, 3.8) is 0 Å². The fourth-order valence-electron chi connectivity index (χ4n) is 4.12. The average molecular weight is 435 g/mol. The van der Waals surface area contributed by atoms with Gasteiger partial charge in [-0.3, -0.25) is 14.3 Å². The molecular formula is C25H27FN4O2. The number of hydrogen-bond acceptors (Lipinski definition) is 3. The summed E-state index contributed by atoms with van der Waals surface area (Å²) in [6, 6.07) is 15.6. The number of carbonyl (C=O) groups excluding carboxylic acids is 2. The third kappa shape index (κ3) is 4.88. The van der Waals surface area contributed by atoms with E-state index in [0.29, 0.717) is 38.0 Å². The number of likely N-dealkylation sites (tertiary alicyclic amines) is 1. The Labute approximate surface area is 187 Å². The van der Waals surface area contributed by atoms with Crippen molar-refractivity contribution in [2.75, 3.05) is 13.1 Å². The van der Waals surface area contributed by atoms with E-state index in [1.807, 2.05) is 42.8 Å². The van der Waals surface area contributed by atoms with Crippen LogP contribution >= 0.6 is 0 Å². The summed E-state index contributed by atoms with van der Waals surface area (Å²) >= 11 is 0. The van der Waals surface area contributed by atoms with Gasteiger partial charge in [0.1, 0.15) is 5.82 Å². The molecule has 1 aliphatic heterocycles. The molecule has 32 heavy (non-hydrogen) atoms. The Bertz CT molecular complexity index is 1130. The molecule has 0 spiro atoms. The first-order valence-corrected chi connectivity index (χ1v) is 10.9. The van der Waals surface area contributed by atoms with Crippen LogP contribution in [0.3, 0.4) is 0 Å². The molecule has 0 radical (unpaired) electrons. The number of nitrogens with zero attached hydrogens (tertiary/aromatic N) is 3. The zero-order valence-electron chi connectivity index (χ0n) is 18.3. The van der Waals surface area contributed by atoms with Gasteiger partial charge in [0.05, 0.1) is 17.8 Å². The van der Waals surface area contributed by atoms with E-state index in [-0.39, 0.29) is 23.4 Å². The van der Waals surface area contributed by atoms with Gasteiger partial charge in [-0.2, -0.15) is 5.10 Å². The van der Waals surface area contributed by atoms with Crippen LogP contribution in [0.5, 0.6) is 0 Å². The second kappa shape index (κ2) is 9.34. The fourth-order valence-corrected chi connectivity index (χ4v) is 4.12. The van der Waals surface area contributed by atoms with Gasteiger partial charge in [0.2, 0.25) is 0 Å². The van der Waals surface area contributed by atoms with E-state index in [2.05, 4.69) is 10.4 Å². The maximum Gasteiger partial charge on any atom is 0.256 e. The van der Waals surface area contributed by atoms with Gasteiger partial charge in [0.25, 0.3) is 11.8 Å². The number of aryl methyl sites for hydroxylation is 2. The quantitative estimate of drug-likeness (QED) is 0.666. The highest BCUT2D eigenvalue weighted by atomic mass is 19.1. The number of aromatic nitrogens is 2. The van der Waals surface area contributed by atoms with Gasteiger partial charge in [0.15, 0.2) is 0 Å². The molecule has 6 nitrogen and oxygen atoms in total. The SMILES string of the molecule is Cc1cc(C)n(Cc2cccc(C(=O)NC3CCN(C(=O)c4ccccc4F)CC3)c2)n1. The van der Waals surface area contributed by atoms with Crippen molar-refractivity contribution in [2.24, 2.45) is 0 Å². The summed E-state index contributed by atoms with van der Waals surface area (Å²) in [4.78, 5) is 27.0. The molecule has 0 saturated carbocycles. The van der Waals surface area contributed by atoms with Crippen molar-refractivity contribution < 1.29 is 14.0 Å². The summed E-state index contributed by atoms with van der Waals surface area (Å²) in [6.07, 6.45) is 1.27. The predicted octanol–water partition coefficient (Wildman–Crippen LogP) is 3.72. The molecule has 0 atom stereocenters. The van der Waals surface area contributed by atoms with Crippen molar-refractivity contribution in [3.8, 4) is 0 Å². The standard InChI is InChI=1S/C25H27FN4O2/c1-17-14-18(2)30(28-17)16-19-6-5-7-20(15-19)24(31)27-21-10-12-29(13-11-21)25(32)22-8-3-4-9-23(22)26/h3-9,14-15,21H,10-13,16H2,1-2H3,(H,27,31). The minimum absolute atomic E-state index is 0.0214. The molecule has 166 valence electrons. The first kappa shape index (κ1) is 21.7. The lowest BCUT2D eigenvalue weighted by molar-refractivity contribution is 0.0693. The lowest BCUT2D eigenvalue weighted by Crippen LogP contribution is -2.46. The third-order valence-electron chi connectivity index (χ3n) is 5.85. The first-order chi connectivity index (χ1) is 15.4. The predicted molar refractivity (Wildman–Crippen MR) is 120 cm³/mol. The lowest BCUT2D eigenvalue weighted by atomic mass is 10.0. The van der Waals surface area contributed by atoms with Crippen LogP contribution in [0.4, 0.5) is 4.39 Å². The molecule has 2 amide bonds. The molecular weight excluding hydrogens is 407 g/mol. The molecule has 1 saturated heterocycles. The van der Waals surface area contributed by atoms with Crippen molar-refractivity contribution in [3.05, 3.63) is 88.5 Å². The van der Waals surface area contributed by atoms with E-state index in [1.54, 1.807) is 23.1 Å². The number of benzene rings is 2. The van der Waals surface area contributed by atoms with Crippen LogP contribution in [-0.2, 0) is 6.54 Å². The highest BCUT2D eigenvalue weighted by molar-refractivity contribution is 5.95. The number of amides is 2. The minimum atomic E-state index is -0.506. The number of halogens is 1. The second-order valence-corrected chi connectivity index (χ2v) is 8.30. The van der Waals surface area contributed by atoms with E-state index in [1.165, 1.54) is 12.1 Å². The molecule has 1 fully saturated rings. The van der Waals surface area contributed by atoms with Crippen molar-refractivity contribution in [1.29, 1.82) is 0 Å². The Morgan fingerprint density at radius 1 is 1.06 bits per heavy atom. The fraction of sp³-hybridized carbons (Fsp3) is 0.320. The molecule has 2 aromatic carbocycles. The van der Waals surface area contributed by atoms with Gasteiger partial charge in [-0.1, -0.05) is 24.3 Å². The summed E-state index contributed by atoms with van der Waals surface area (Å²) in [7, 11) is 0. The largest absolute Gasteiger partial charge is 0.349 e. The van der Waals surface area contributed by atoms with Gasteiger partial charge < -0.3 is 10.2 Å². The monoisotopic (exact) mass is 434 g/mol. The summed E-state index contributed by atoms with van der Waals surface area (Å²) in [5, 5.41) is 7.56. The summed E-state index contributed by atoms with van der Waals surface area (Å²) in [5.41, 5.74) is 3.75. The summed E-state index contributed by atoms with van der Waals surface area (Å²) in [5.74, 6) is -0.933. The Balaban J connectivity index is 1.34. The van der Waals surface area contributed by atoms with Gasteiger partial charge in [0, 0.05) is 30.4 Å². The maximum absolute atomic E-state index is 13.9. The van der Waals surface area contributed by atoms with Gasteiger partial charge in [-0.25, -0.2) is 4.39 Å². The number of carbonyl (C=O) groups is 2. The van der Waals surface area contributed by atoms with Gasteiger partial charge in [-0.05, 0) is 62.6 Å². The highest BCUT2D eigenvalue weighted by Gasteiger charge is 2.26. The molecule has 0 bridgehead atoms. The first-order valence-electron chi connectivity index (χ1n) is 10.9. The van der Waals surface area contributed by atoms with Crippen LogP contribution < -0.4 is 5.32 Å². The highest BCUT2D eigenvalue weighted by Crippen LogP contribution is 2.17. The van der Waals surface area contributed by atoms with E-state index in [0.717, 1.165) is 17.0 Å². The van der Waals surface area contributed by atoms with Crippen LogP contribution in [-0.4, -0.2) is 45.6 Å². The molecule has 1 N–H and O–H groups in total. The van der Waals surface area contributed by atoms with Gasteiger partial charge >= 0.3 is 0 Å². The van der Waals surface area contributed by atoms with Crippen molar-refractivity contribution >= 4 is 11.8 Å². The molecule has 4 rings (SSSR count). The average Bonchev–Trinajstić information content (AvgIpc) is 3.10. The molecule has 1 aliphatic rings. The third-order valence-corrected chi connectivity index (χ3v) is 5.85. The van der Waals surface area contributed by atoms with E-state index >= 15 is 0 Å². The Morgan fingerprint density at radius 2 is 1.81 bits per heavy atom. The smallest absolute Gasteiger partial charge is 0.256 e. The number of piperidine rings is 1. The Kier molecular flexibility index (Phi) is 6.35. The van der Waals surface area contributed by atoms with Crippen LogP contribution in [0, 0.1) is 19.7 Å². The minimum Gasteiger partial charge on any atom is -0.349 e. The number of hydrogen-bond donors (Lipinski definition) is 1. The summed E-state index contributed by atoms with van der Waals surface area (Å²) in [6.45, 7) is 5.55. The zero-order chi connectivity index (χ0) is 22.7. The Hall–Kier alpha value is -3.48. The molecule has 1 aromatic heterocycles. The van der Waals surface area contributed by atoms with Gasteiger partial charge in [-0.15, -0.1) is 0 Å². The zero-order valence-corrected chi connectivity index (χ0v) is 18.3. The molecule has 7 heteroatoms. The van der Waals surface area contributed by atoms with Crippen LogP contribution in [0.25, 0.3) is 0 Å². The Morgan fingerprint density at radius 3 is 2.50 bits per heavy atom. The maximum atomic E-state index is 13.9. The van der Waals surface area contributed by atoms with Crippen molar-refractivity contribution in [1.82, 2.24) is 20.0 Å². The number of nitrogens with one attached hydrogen (secondary N) is 1. The summed E-state index contributed by atoms with van der Waals surface area (Å²) < 4.78 is 15.8. The second-order valence-electron chi connectivity index (χ2n) is 8.30. The van der Waals surface area contributed by atoms with Crippen LogP contribution in [0.2, 0.25) is 0 Å². The molecule has 0 aliphatic carbocycles. The van der Waals surface area contributed by atoms with Crippen LogP contribution in [0.1, 0.15) is 50.5 Å². The topological polar surface area (TPSA) is 67.2 Å². The van der Waals surface area contributed by atoms with E-state index in [4.69, 9.17) is 0 Å². The number of rotatable bonds is 5. The van der Waals surface area contributed by atoms with Crippen molar-refractivity contribution in [2.45, 2.75) is 39.3 Å². The lowest BCUT2D eigenvalue weighted by Gasteiger charge is -2.32.